The predicted octanol–water partition coefficient (Wildman–Crippen LogP) is 6.35. The minimum Gasteiger partial charge on any atom is -0.481 e. The van der Waals surface area contributed by atoms with Crippen LogP contribution in [0.1, 0.15) is 53.8 Å². The lowest BCUT2D eigenvalue weighted by Gasteiger charge is -2.37. The van der Waals surface area contributed by atoms with Crippen molar-refractivity contribution in [1.82, 2.24) is 19.5 Å². The van der Waals surface area contributed by atoms with Crippen molar-refractivity contribution in [3.05, 3.63) is 82.2 Å². The fraction of sp³-hybridized carbons (Fsp3) is 0.414. The van der Waals surface area contributed by atoms with Crippen molar-refractivity contribution in [2.75, 3.05) is 7.11 Å². The molecule has 7 nitrogen and oxygen atoms in total. The van der Waals surface area contributed by atoms with Crippen molar-refractivity contribution in [3.63, 3.8) is 0 Å². The van der Waals surface area contributed by atoms with E-state index in [2.05, 4.69) is 15.0 Å². The summed E-state index contributed by atoms with van der Waals surface area (Å²) < 4.78 is 87.6. The number of nitrogens with zero attached hydrogens (tertiary/aromatic N) is 4. The quantitative estimate of drug-likeness (QED) is 0.242. The molecule has 230 valence electrons. The summed E-state index contributed by atoms with van der Waals surface area (Å²) in [5.41, 5.74) is -5.04. The lowest BCUT2D eigenvalue weighted by Crippen LogP contribution is -2.47. The maximum Gasteiger partial charge on any atom is 0.433 e. The van der Waals surface area contributed by atoms with Gasteiger partial charge in [0.1, 0.15) is 5.69 Å². The lowest BCUT2D eigenvalue weighted by molar-refractivity contribution is -0.271. The second kappa shape index (κ2) is 10.9. The summed E-state index contributed by atoms with van der Waals surface area (Å²) in [5.74, 6) is -0.0757. The second-order valence-corrected chi connectivity index (χ2v) is 11.2. The molecule has 1 atom stereocenters. The van der Waals surface area contributed by atoms with Gasteiger partial charge in [0.25, 0.3) is 0 Å². The van der Waals surface area contributed by atoms with E-state index in [9.17, 15) is 36.6 Å². The van der Waals surface area contributed by atoms with Crippen LogP contribution in [-0.4, -0.2) is 48.6 Å². The average Bonchev–Trinajstić information content (AvgIpc) is 3.40. The largest absolute Gasteiger partial charge is 0.481 e. The molecule has 0 amide bonds. The number of aliphatic hydroxyl groups is 2. The van der Waals surface area contributed by atoms with Crippen LogP contribution in [-0.2, 0) is 25.2 Å². The number of aryl methyl sites for hydroxylation is 1. The molecule has 1 aromatic carbocycles. The van der Waals surface area contributed by atoms with E-state index in [1.54, 1.807) is 13.1 Å². The third-order valence-corrected chi connectivity index (χ3v) is 8.63. The van der Waals surface area contributed by atoms with Crippen molar-refractivity contribution >= 4 is 22.5 Å². The van der Waals surface area contributed by atoms with Gasteiger partial charge in [0.15, 0.2) is 11.2 Å². The van der Waals surface area contributed by atoms with Crippen LogP contribution in [0.5, 0.6) is 5.88 Å². The van der Waals surface area contributed by atoms with Gasteiger partial charge in [-0.25, -0.2) is 9.97 Å². The highest BCUT2D eigenvalue weighted by molar-refractivity contribution is 6.36. The van der Waals surface area contributed by atoms with Crippen LogP contribution in [0.3, 0.4) is 0 Å². The first-order chi connectivity index (χ1) is 20.1. The van der Waals surface area contributed by atoms with Gasteiger partial charge < -0.3 is 19.5 Å². The number of hydrogen-bond acceptors (Lipinski definition) is 6. The molecule has 1 saturated carbocycles. The number of hydrogen-bond donors (Lipinski definition) is 2. The van der Waals surface area contributed by atoms with Crippen LogP contribution in [0.15, 0.2) is 49.1 Å². The highest BCUT2D eigenvalue weighted by Crippen LogP contribution is 2.46. The van der Waals surface area contributed by atoms with E-state index in [0.717, 1.165) is 12.3 Å². The van der Waals surface area contributed by atoms with E-state index < -0.39 is 42.1 Å². The smallest absolute Gasteiger partial charge is 0.433 e. The van der Waals surface area contributed by atoms with Gasteiger partial charge in [0, 0.05) is 24.2 Å². The van der Waals surface area contributed by atoms with Crippen molar-refractivity contribution in [2.24, 2.45) is 13.0 Å². The predicted molar refractivity (Wildman–Crippen MR) is 145 cm³/mol. The fourth-order valence-corrected chi connectivity index (χ4v) is 6.03. The van der Waals surface area contributed by atoms with Gasteiger partial charge >= 0.3 is 12.4 Å². The summed E-state index contributed by atoms with van der Waals surface area (Å²) in [4.78, 5) is 12.0. The standard InChI is InChI=1S/C29H27ClF6N4O3/c1-40-15-37-14-23(40)27(42,18-7-10-38-22(13-18)28(31,32)33)17-3-4-21-19(12-17)24(30)20(25(39-21)43-2)11-16-5-8-26(41,9-6-16)29(34,35)36/h3-4,7,10,12-16,41-42H,5-6,8-9,11H2,1-2H3. The fourth-order valence-electron chi connectivity index (χ4n) is 5.72. The highest BCUT2D eigenvalue weighted by atomic mass is 35.5. The van der Waals surface area contributed by atoms with E-state index >= 15 is 0 Å². The lowest BCUT2D eigenvalue weighted by atomic mass is 9.76. The molecule has 1 fully saturated rings. The van der Waals surface area contributed by atoms with Gasteiger partial charge in [-0.2, -0.15) is 26.3 Å². The number of methoxy groups -OCH3 is 1. The van der Waals surface area contributed by atoms with Gasteiger partial charge in [-0.1, -0.05) is 17.7 Å². The topological polar surface area (TPSA) is 93.3 Å². The monoisotopic (exact) mass is 628 g/mol. The molecule has 0 spiro atoms. The molecule has 0 radical (unpaired) electrons. The van der Waals surface area contributed by atoms with Crippen molar-refractivity contribution in [3.8, 4) is 5.88 Å². The van der Waals surface area contributed by atoms with Gasteiger partial charge in [-0.3, -0.25) is 4.98 Å². The maximum absolute atomic E-state index is 13.6. The molecular formula is C29H27ClF6N4O3. The Morgan fingerprint density at radius 2 is 1.74 bits per heavy atom. The van der Waals surface area contributed by atoms with Crippen LogP contribution in [0.2, 0.25) is 5.02 Å². The summed E-state index contributed by atoms with van der Waals surface area (Å²) in [7, 11) is 2.97. The maximum atomic E-state index is 13.6. The average molecular weight is 629 g/mol. The highest BCUT2D eigenvalue weighted by Gasteiger charge is 2.54. The van der Waals surface area contributed by atoms with Crippen molar-refractivity contribution < 1.29 is 41.3 Å². The number of ether oxygens (including phenoxy) is 1. The molecule has 0 bridgehead atoms. The first kappa shape index (κ1) is 31.0. The van der Waals surface area contributed by atoms with Crippen LogP contribution in [0.25, 0.3) is 10.9 Å². The van der Waals surface area contributed by atoms with Gasteiger partial charge in [-0.05, 0) is 73.4 Å². The molecule has 1 aliphatic rings. The first-order valence-electron chi connectivity index (χ1n) is 13.3. The van der Waals surface area contributed by atoms with Crippen LogP contribution >= 0.6 is 11.6 Å². The SMILES string of the molecule is COc1nc2ccc(C(O)(c3ccnc(C(F)(F)F)c3)c3cncn3C)cc2c(Cl)c1CC1CCC(O)(C(F)(F)F)CC1. The normalized spacial score (nSPS) is 21.1. The number of pyridine rings is 2. The Kier molecular flexibility index (Phi) is 7.89. The Bertz CT molecular complexity index is 1650. The van der Waals surface area contributed by atoms with E-state index in [1.165, 1.54) is 42.4 Å². The minimum absolute atomic E-state index is 0.0946. The van der Waals surface area contributed by atoms with E-state index in [1.807, 2.05) is 0 Å². The summed E-state index contributed by atoms with van der Waals surface area (Å²) in [6, 6.07) is 6.60. The summed E-state index contributed by atoms with van der Waals surface area (Å²) >= 11 is 6.88. The van der Waals surface area contributed by atoms with Crippen LogP contribution in [0.4, 0.5) is 26.3 Å². The molecule has 3 aromatic heterocycles. The number of imidazole rings is 1. The number of fused-ring (bicyclic) bond motifs is 1. The molecule has 5 rings (SSSR count). The molecule has 14 heteroatoms. The third kappa shape index (κ3) is 5.53. The molecule has 43 heavy (non-hydrogen) atoms. The molecular weight excluding hydrogens is 602 g/mol. The molecule has 3 heterocycles. The minimum atomic E-state index is -4.76. The summed E-state index contributed by atoms with van der Waals surface area (Å²) in [6.45, 7) is 0. The van der Waals surface area contributed by atoms with Gasteiger partial charge in [-0.15, -0.1) is 0 Å². The van der Waals surface area contributed by atoms with Gasteiger partial charge in [0.05, 0.1) is 35.9 Å². The molecule has 4 aromatic rings. The molecule has 1 aliphatic carbocycles. The van der Waals surface area contributed by atoms with Crippen LogP contribution < -0.4 is 4.74 Å². The second-order valence-electron chi connectivity index (χ2n) is 10.9. The molecule has 0 saturated heterocycles. The van der Waals surface area contributed by atoms with E-state index in [-0.39, 0.29) is 52.9 Å². The molecule has 1 unspecified atom stereocenters. The zero-order chi connectivity index (χ0) is 31.4. The Labute approximate surface area is 247 Å². The Morgan fingerprint density at radius 1 is 1.07 bits per heavy atom. The van der Waals surface area contributed by atoms with Crippen LogP contribution in [0, 0.1) is 5.92 Å². The first-order valence-corrected chi connectivity index (χ1v) is 13.6. The Hall–Kier alpha value is -3.42. The number of halogens is 7. The number of alkyl halides is 6. The van der Waals surface area contributed by atoms with Crippen molar-refractivity contribution in [1.29, 1.82) is 0 Å². The zero-order valence-electron chi connectivity index (χ0n) is 23.0. The third-order valence-electron chi connectivity index (χ3n) is 8.20. The van der Waals surface area contributed by atoms with E-state index in [4.69, 9.17) is 16.3 Å². The Morgan fingerprint density at radius 3 is 2.33 bits per heavy atom. The molecule has 0 aliphatic heterocycles. The summed E-state index contributed by atoms with van der Waals surface area (Å²) in [6.07, 6.45) is -6.29. The number of rotatable bonds is 6. The zero-order valence-corrected chi connectivity index (χ0v) is 23.7. The van der Waals surface area contributed by atoms with Crippen molar-refractivity contribution in [2.45, 2.75) is 55.7 Å². The molecule has 2 N–H and O–H groups in total. The number of benzene rings is 1. The van der Waals surface area contributed by atoms with Gasteiger partial charge in [0.2, 0.25) is 5.88 Å². The number of aromatic nitrogens is 4. The summed E-state index contributed by atoms with van der Waals surface area (Å²) in [5, 5.41) is 22.8. The van der Waals surface area contributed by atoms with E-state index in [0.29, 0.717) is 16.5 Å². The Balaban J connectivity index is 1.60.